The van der Waals surface area contributed by atoms with Crippen LogP contribution < -0.4 is 10.2 Å². The van der Waals surface area contributed by atoms with Gasteiger partial charge in [-0.3, -0.25) is 0 Å². The van der Waals surface area contributed by atoms with Crippen molar-refractivity contribution < 1.29 is 0 Å². The smallest absolute Gasteiger partial charge is 0.0367 e. The van der Waals surface area contributed by atoms with Crippen molar-refractivity contribution in [2.45, 2.75) is 70.4 Å². The third-order valence-corrected chi connectivity index (χ3v) is 5.20. The van der Waals surface area contributed by atoms with Crippen LogP contribution >= 0.6 is 0 Å². The third kappa shape index (κ3) is 3.26. The number of aryl methyl sites for hydroxylation is 1. The number of nitrogens with one attached hydrogen (secondary N) is 1. The van der Waals surface area contributed by atoms with Gasteiger partial charge in [0.2, 0.25) is 0 Å². The number of piperazine rings is 1. The van der Waals surface area contributed by atoms with Crippen LogP contribution in [0, 0.1) is 0 Å². The Hall–Kier alpha value is -1.02. The lowest BCUT2D eigenvalue weighted by molar-refractivity contribution is 0.146. The fraction of sp³-hybridized carbons (Fsp3) is 0.684. The zero-order valence-corrected chi connectivity index (χ0v) is 13.9. The Balaban J connectivity index is 1.83. The van der Waals surface area contributed by atoms with Gasteiger partial charge in [0.05, 0.1) is 0 Å². The molecule has 1 aromatic carbocycles. The second-order valence-corrected chi connectivity index (χ2v) is 7.73. The van der Waals surface area contributed by atoms with Gasteiger partial charge in [0.25, 0.3) is 0 Å². The first-order valence-corrected chi connectivity index (χ1v) is 8.65. The summed E-state index contributed by atoms with van der Waals surface area (Å²) in [5, 5.41) is 3.99. The van der Waals surface area contributed by atoms with Crippen LogP contribution in [0.15, 0.2) is 24.3 Å². The summed E-state index contributed by atoms with van der Waals surface area (Å²) in [6.07, 6.45) is 7.96. The molecule has 0 amide bonds. The topological polar surface area (TPSA) is 15.3 Å². The van der Waals surface area contributed by atoms with E-state index < -0.39 is 0 Å². The molecule has 1 spiro atoms. The van der Waals surface area contributed by atoms with Gasteiger partial charge in [-0.05, 0) is 50.8 Å². The maximum atomic E-state index is 3.99. The van der Waals surface area contributed by atoms with Gasteiger partial charge in [0.1, 0.15) is 0 Å². The highest BCUT2D eigenvalue weighted by Crippen LogP contribution is 2.36. The predicted octanol–water partition coefficient (Wildman–Crippen LogP) is 4.14. The van der Waals surface area contributed by atoms with E-state index in [1.807, 2.05) is 0 Å². The lowest BCUT2D eigenvalue weighted by atomic mass is 9.77. The van der Waals surface area contributed by atoms with E-state index in [4.69, 9.17) is 0 Å². The fourth-order valence-corrected chi connectivity index (χ4v) is 4.33. The Kier molecular flexibility index (Phi) is 4.00. The van der Waals surface area contributed by atoms with E-state index >= 15 is 0 Å². The van der Waals surface area contributed by atoms with E-state index in [2.05, 4.69) is 55.3 Å². The van der Waals surface area contributed by atoms with Crippen molar-refractivity contribution in [1.29, 1.82) is 0 Å². The normalized spacial score (nSPS) is 24.2. The Morgan fingerprint density at radius 1 is 1.00 bits per heavy atom. The van der Waals surface area contributed by atoms with Crippen LogP contribution in [-0.4, -0.2) is 24.2 Å². The molecule has 1 aliphatic heterocycles. The molecule has 1 saturated heterocycles. The maximum absolute atomic E-state index is 3.99. The minimum atomic E-state index is 0.193. The number of rotatable bonds is 2. The molecule has 2 aliphatic rings. The number of hydrogen-bond acceptors (Lipinski definition) is 2. The molecule has 1 saturated carbocycles. The molecule has 1 N–H and O–H groups in total. The molecular weight excluding hydrogens is 256 g/mol. The molecule has 0 atom stereocenters. The van der Waals surface area contributed by atoms with Gasteiger partial charge in [-0.15, -0.1) is 0 Å². The zero-order valence-electron chi connectivity index (χ0n) is 13.9. The predicted molar refractivity (Wildman–Crippen MR) is 91.1 cm³/mol. The minimum Gasteiger partial charge on any atom is -0.368 e. The molecule has 2 fully saturated rings. The van der Waals surface area contributed by atoms with Gasteiger partial charge in [-0.25, -0.2) is 0 Å². The monoisotopic (exact) mass is 286 g/mol. The largest absolute Gasteiger partial charge is 0.368 e. The van der Waals surface area contributed by atoms with Crippen LogP contribution in [0.1, 0.15) is 58.4 Å². The molecule has 2 nitrogen and oxygen atoms in total. The SMILES string of the molecule is CCc1ccc(N2CC(C)(C)NC3(CCCCC3)C2)cc1. The van der Waals surface area contributed by atoms with Gasteiger partial charge in [-0.2, -0.15) is 0 Å². The molecule has 1 aromatic rings. The van der Waals surface area contributed by atoms with E-state index in [0.717, 1.165) is 13.0 Å². The van der Waals surface area contributed by atoms with Crippen molar-refractivity contribution in [2.24, 2.45) is 0 Å². The number of nitrogens with zero attached hydrogens (tertiary/aromatic N) is 1. The molecule has 3 rings (SSSR count). The summed E-state index contributed by atoms with van der Waals surface area (Å²) < 4.78 is 0. The van der Waals surface area contributed by atoms with Crippen LogP contribution in [0.25, 0.3) is 0 Å². The van der Waals surface area contributed by atoms with Crippen LogP contribution in [-0.2, 0) is 6.42 Å². The molecule has 0 radical (unpaired) electrons. The van der Waals surface area contributed by atoms with Gasteiger partial charge >= 0.3 is 0 Å². The van der Waals surface area contributed by atoms with Crippen LogP contribution in [0.3, 0.4) is 0 Å². The standard InChI is InChI=1S/C19H30N2/c1-4-16-8-10-17(11-9-16)21-14-18(2,3)20-19(15-21)12-6-5-7-13-19/h8-11,20H,4-7,12-15H2,1-3H3. The highest BCUT2D eigenvalue weighted by Gasteiger charge is 2.43. The third-order valence-electron chi connectivity index (χ3n) is 5.20. The molecule has 116 valence electrons. The number of benzene rings is 1. The van der Waals surface area contributed by atoms with Crippen molar-refractivity contribution in [3.63, 3.8) is 0 Å². The Morgan fingerprint density at radius 2 is 1.67 bits per heavy atom. The Bertz CT molecular complexity index is 469. The first-order chi connectivity index (χ1) is 10.0. The quantitative estimate of drug-likeness (QED) is 0.879. The van der Waals surface area contributed by atoms with Crippen molar-refractivity contribution in [3.05, 3.63) is 29.8 Å². The summed E-state index contributed by atoms with van der Waals surface area (Å²) >= 11 is 0. The van der Waals surface area contributed by atoms with Crippen molar-refractivity contribution in [1.82, 2.24) is 5.32 Å². The molecule has 0 bridgehead atoms. The second-order valence-electron chi connectivity index (χ2n) is 7.73. The van der Waals surface area contributed by atoms with E-state index in [9.17, 15) is 0 Å². The second kappa shape index (κ2) is 5.64. The summed E-state index contributed by atoms with van der Waals surface area (Å²) in [6, 6.07) is 9.21. The number of hydrogen-bond donors (Lipinski definition) is 1. The lowest BCUT2D eigenvalue weighted by Crippen LogP contribution is -2.69. The maximum Gasteiger partial charge on any atom is 0.0367 e. The molecular formula is C19H30N2. The molecule has 2 heteroatoms. The molecule has 1 aliphatic carbocycles. The molecule has 0 aromatic heterocycles. The highest BCUT2D eigenvalue weighted by molar-refractivity contribution is 5.49. The van der Waals surface area contributed by atoms with Gasteiger partial charge in [0.15, 0.2) is 0 Å². The van der Waals surface area contributed by atoms with E-state index in [0.29, 0.717) is 5.54 Å². The first-order valence-electron chi connectivity index (χ1n) is 8.65. The van der Waals surface area contributed by atoms with Crippen LogP contribution in [0.4, 0.5) is 5.69 Å². The molecule has 0 unspecified atom stereocenters. The average Bonchev–Trinajstić information content (AvgIpc) is 2.46. The molecule has 21 heavy (non-hydrogen) atoms. The van der Waals surface area contributed by atoms with Gasteiger partial charge in [0, 0.05) is 29.9 Å². The van der Waals surface area contributed by atoms with Gasteiger partial charge < -0.3 is 10.2 Å². The molecule has 1 heterocycles. The Morgan fingerprint density at radius 3 is 2.29 bits per heavy atom. The van der Waals surface area contributed by atoms with E-state index in [1.54, 1.807) is 0 Å². The van der Waals surface area contributed by atoms with E-state index in [1.165, 1.54) is 49.9 Å². The fourth-order valence-electron chi connectivity index (χ4n) is 4.33. The highest BCUT2D eigenvalue weighted by atomic mass is 15.3. The minimum absolute atomic E-state index is 0.193. The first kappa shape index (κ1) is 14.9. The van der Waals surface area contributed by atoms with Crippen LogP contribution in [0.2, 0.25) is 0 Å². The summed E-state index contributed by atoms with van der Waals surface area (Å²) in [5.41, 5.74) is 3.36. The van der Waals surface area contributed by atoms with Gasteiger partial charge in [-0.1, -0.05) is 38.3 Å². The van der Waals surface area contributed by atoms with Crippen molar-refractivity contribution in [3.8, 4) is 0 Å². The van der Waals surface area contributed by atoms with Crippen LogP contribution in [0.5, 0.6) is 0 Å². The zero-order chi connectivity index (χ0) is 14.9. The number of anilines is 1. The summed E-state index contributed by atoms with van der Waals surface area (Å²) in [6.45, 7) is 9.20. The Labute approximate surface area is 129 Å². The van der Waals surface area contributed by atoms with Crippen molar-refractivity contribution in [2.75, 3.05) is 18.0 Å². The summed E-state index contributed by atoms with van der Waals surface area (Å²) in [7, 11) is 0. The summed E-state index contributed by atoms with van der Waals surface area (Å²) in [5.74, 6) is 0. The lowest BCUT2D eigenvalue weighted by Gasteiger charge is -2.53. The van der Waals surface area contributed by atoms with E-state index in [-0.39, 0.29) is 5.54 Å². The average molecular weight is 286 g/mol. The van der Waals surface area contributed by atoms with Crippen molar-refractivity contribution >= 4 is 5.69 Å². The summed E-state index contributed by atoms with van der Waals surface area (Å²) in [4.78, 5) is 2.61.